The van der Waals surface area contributed by atoms with Gasteiger partial charge in [0.1, 0.15) is 24.2 Å². The highest BCUT2D eigenvalue weighted by Gasteiger charge is 2.33. The van der Waals surface area contributed by atoms with E-state index in [0.717, 1.165) is 0 Å². The molecule has 33 heavy (non-hydrogen) atoms. The number of nitrogens with zero attached hydrogens (tertiary/aromatic N) is 6. The van der Waals surface area contributed by atoms with Crippen LogP contribution in [0.2, 0.25) is 0 Å². The molecule has 174 valence electrons. The van der Waals surface area contributed by atoms with Gasteiger partial charge in [0.15, 0.2) is 11.9 Å². The van der Waals surface area contributed by atoms with E-state index in [1.165, 1.54) is 28.8 Å². The molecule has 3 aromatic rings. The van der Waals surface area contributed by atoms with Crippen molar-refractivity contribution in [3.8, 4) is 22.6 Å². The number of carbonyl (C=O) groups excluding carboxylic acids is 2. The number of rotatable bonds is 6. The first-order chi connectivity index (χ1) is 15.3. The van der Waals surface area contributed by atoms with Crippen LogP contribution in [0, 0.1) is 5.82 Å². The fourth-order valence-corrected chi connectivity index (χ4v) is 3.16. The third-order valence-electron chi connectivity index (χ3n) is 4.85. The van der Waals surface area contributed by atoms with E-state index in [2.05, 4.69) is 20.5 Å². The van der Waals surface area contributed by atoms with Gasteiger partial charge in [0.25, 0.3) is 0 Å². The summed E-state index contributed by atoms with van der Waals surface area (Å²) in [7, 11) is 1.69. The first-order valence-corrected chi connectivity index (χ1v) is 9.72. The normalized spacial score (nSPS) is 16.2. The molecule has 3 heterocycles. The third kappa shape index (κ3) is 5.07. The molecule has 0 spiro atoms. The molecule has 1 aromatic carbocycles. The molecule has 2 aromatic heterocycles. The van der Waals surface area contributed by atoms with Crippen molar-refractivity contribution in [1.82, 2.24) is 25.2 Å². The number of hydrogen-bond donors (Lipinski definition) is 1. The van der Waals surface area contributed by atoms with Crippen molar-refractivity contribution < 1.29 is 23.5 Å². The quantitative estimate of drug-likeness (QED) is 0.525. The molecule has 0 unspecified atom stereocenters. The largest absolute Gasteiger partial charge is 0.461 e. The minimum Gasteiger partial charge on any atom is -0.461 e. The highest BCUT2D eigenvalue weighted by atomic mass is 35.5. The SMILES string of the molecule is C[C@H](N)C(=O)OC[C@H]1CN(c2ccc(-c3ccc(-c4nnnn4C)nc3)c(F)c2)C(=O)O1.Cl. The van der Waals surface area contributed by atoms with Crippen LogP contribution in [0.1, 0.15) is 6.92 Å². The number of aromatic nitrogens is 5. The molecule has 1 aliphatic rings. The van der Waals surface area contributed by atoms with Gasteiger partial charge in [-0.1, -0.05) is 6.07 Å². The summed E-state index contributed by atoms with van der Waals surface area (Å²) in [6.45, 7) is 1.49. The fraction of sp³-hybridized carbons (Fsp3) is 0.300. The van der Waals surface area contributed by atoms with Crippen LogP contribution >= 0.6 is 12.4 Å². The average Bonchev–Trinajstić information content (AvgIpc) is 3.37. The molecule has 1 aliphatic heterocycles. The monoisotopic (exact) mass is 477 g/mol. The highest BCUT2D eigenvalue weighted by Crippen LogP contribution is 2.29. The second-order valence-electron chi connectivity index (χ2n) is 7.26. The number of ether oxygens (including phenoxy) is 2. The van der Waals surface area contributed by atoms with Crippen LogP contribution < -0.4 is 10.6 Å². The summed E-state index contributed by atoms with van der Waals surface area (Å²) in [5, 5.41) is 11.2. The number of nitrogens with two attached hydrogens (primary N) is 1. The number of hydrogen-bond acceptors (Lipinski definition) is 9. The predicted molar refractivity (Wildman–Crippen MR) is 117 cm³/mol. The van der Waals surface area contributed by atoms with E-state index in [1.54, 1.807) is 31.3 Å². The van der Waals surface area contributed by atoms with Gasteiger partial charge < -0.3 is 15.2 Å². The number of anilines is 1. The van der Waals surface area contributed by atoms with Crippen LogP contribution in [0.5, 0.6) is 0 Å². The molecule has 1 amide bonds. The zero-order valence-corrected chi connectivity index (χ0v) is 18.5. The molecule has 0 aliphatic carbocycles. The smallest absolute Gasteiger partial charge is 0.414 e. The van der Waals surface area contributed by atoms with E-state index in [0.29, 0.717) is 28.3 Å². The number of cyclic esters (lactones) is 1. The van der Waals surface area contributed by atoms with Crippen molar-refractivity contribution in [3.63, 3.8) is 0 Å². The van der Waals surface area contributed by atoms with Crippen molar-refractivity contribution in [2.75, 3.05) is 18.1 Å². The topological polar surface area (TPSA) is 138 Å². The highest BCUT2D eigenvalue weighted by molar-refractivity contribution is 5.90. The number of tetrazole rings is 1. The molecule has 0 radical (unpaired) electrons. The average molecular weight is 478 g/mol. The van der Waals surface area contributed by atoms with Crippen LogP contribution in [0.3, 0.4) is 0 Å². The first kappa shape index (κ1) is 24.0. The lowest BCUT2D eigenvalue weighted by atomic mass is 10.1. The predicted octanol–water partition coefficient (Wildman–Crippen LogP) is 1.72. The van der Waals surface area contributed by atoms with E-state index in [4.69, 9.17) is 15.2 Å². The van der Waals surface area contributed by atoms with Gasteiger partial charge in [-0.25, -0.2) is 13.9 Å². The van der Waals surface area contributed by atoms with Crippen LogP contribution in [-0.4, -0.2) is 62.6 Å². The Morgan fingerprint density at radius 3 is 2.76 bits per heavy atom. The molecule has 13 heteroatoms. The summed E-state index contributed by atoms with van der Waals surface area (Å²) < 4.78 is 26.5. The molecule has 2 N–H and O–H groups in total. The Balaban J connectivity index is 0.00000306. The van der Waals surface area contributed by atoms with E-state index in [-0.39, 0.29) is 25.6 Å². The summed E-state index contributed by atoms with van der Waals surface area (Å²) >= 11 is 0. The minimum atomic E-state index is -0.773. The molecular formula is C20H21ClFN7O4. The van der Waals surface area contributed by atoms with E-state index < -0.39 is 30.0 Å². The number of aryl methyl sites for hydroxylation is 1. The van der Waals surface area contributed by atoms with Crippen molar-refractivity contribution in [1.29, 1.82) is 0 Å². The van der Waals surface area contributed by atoms with Crippen LogP contribution in [0.25, 0.3) is 22.6 Å². The number of halogens is 2. The molecule has 11 nitrogen and oxygen atoms in total. The van der Waals surface area contributed by atoms with Gasteiger partial charge in [-0.2, -0.15) is 0 Å². The molecule has 0 saturated carbocycles. The maximum atomic E-state index is 14.9. The summed E-state index contributed by atoms with van der Waals surface area (Å²) in [5.74, 6) is -0.636. The summed E-state index contributed by atoms with van der Waals surface area (Å²) in [6.07, 6.45) is 0.205. The van der Waals surface area contributed by atoms with Crippen LogP contribution in [0.15, 0.2) is 36.5 Å². The van der Waals surface area contributed by atoms with Gasteiger partial charge in [0.05, 0.1) is 12.2 Å². The zero-order chi connectivity index (χ0) is 22.8. The van der Waals surface area contributed by atoms with Crippen LogP contribution in [-0.2, 0) is 21.3 Å². The second kappa shape index (κ2) is 9.88. The maximum Gasteiger partial charge on any atom is 0.414 e. The maximum absolute atomic E-state index is 14.9. The molecular weight excluding hydrogens is 457 g/mol. The lowest BCUT2D eigenvalue weighted by Crippen LogP contribution is -2.32. The Kier molecular flexibility index (Phi) is 7.19. The van der Waals surface area contributed by atoms with Crippen molar-refractivity contribution in [2.45, 2.75) is 19.1 Å². The fourth-order valence-electron chi connectivity index (χ4n) is 3.16. The standard InChI is InChI=1S/C20H20FN7O4.ClH/c1-11(22)19(29)31-10-14-9-28(20(30)32-14)13-4-5-15(16(21)7-13)12-3-6-17(23-8-12)18-24-25-26-27(18)2;/h3-8,11,14H,9-10,22H2,1-2H3;1H/t11-,14+;/m0./s1. The van der Waals surface area contributed by atoms with Gasteiger partial charge in [-0.05, 0) is 41.6 Å². The van der Waals surface area contributed by atoms with E-state index >= 15 is 0 Å². The number of benzene rings is 1. The zero-order valence-electron chi connectivity index (χ0n) is 17.7. The summed E-state index contributed by atoms with van der Waals surface area (Å²) in [6, 6.07) is 7.04. The van der Waals surface area contributed by atoms with Crippen molar-refractivity contribution >= 4 is 30.2 Å². The van der Waals surface area contributed by atoms with E-state index in [9.17, 15) is 14.0 Å². The molecule has 2 atom stereocenters. The van der Waals surface area contributed by atoms with Gasteiger partial charge in [0.2, 0.25) is 0 Å². The third-order valence-corrected chi connectivity index (χ3v) is 4.85. The number of pyridine rings is 1. The minimum absolute atomic E-state index is 0. The Morgan fingerprint density at radius 1 is 1.36 bits per heavy atom. The van der Waals surface area contributed by atoms with Crippen molar-refractivity contribution in [2.24, 2.45) is 12.8 Å². The Bertz CT molecular complexity index is 1160. The summed E-state index contributed by atoms with van der Waals surface area (Å²) in [4.78, 5) is 29.3. The lowest BCUT2D eigenvalue weighted by molar-refractivity contribution is -0.147. The molecule has 1 fully saturated rings. The van der Waals surface area contributed by atoms with E-state index in [1.807, 2.05) is 0 Å². The lowest BCUT2D eigenvalue weighted by Gasteiger charge is -2.14. The van der Waals surface area contributed by atoms with Gasteiger partial charge >= 0.3 is 12.1 Å². The Morgan fingerprint density at radius 2 is 2.15 bits per heavy atom. The Labute approximate surface area is 194 Å². The van der Waals surface area contributed by atoms with Crippen LogP contribution in [0.4, 0.5) is 14.9 Å². The Hall–Kier alpha value is -3.64. The van der Waals surface area contributed by atoms with Gasteiger partial charge in [-0.3, -0.25) is 14.7 Å². The van der Waals surface area contributed by atoms with Gasteiger partial charge in [0, 0.05) is 24.4 Å². The first-order valence-electron chi connectivity index (χ1n) is 9.72. The van der Waals surface area contributed by atoms with Crippen molar-refractivity contribution in [3.05, 3.63) is 42.3 Å². The molecule has 0 bridgehead atoms. The number of carbonyl (C=O) groups is 2. The molecule has 4 rings (SSSR count). The number of amides is 1. The summed E-state index contributed by atoms with van der Waals surface area (Å²) in [5.41, 5.74) is 7.18. The van der Waals surface area contributed by atoms with Gasteiger partial charge in [-0.15, -0.1) is 17.5 Å². The second-order valence-corrected chi connectivity index (χ2v) is 7.26. The molecule has 1 saturated heterocycles. The number of esters is 1.